The summed E-state index contributed by atoms with van der Waals surface area (Å²) in [7, 11) is -1.98. The molecule has 2 aromatic heterocycles. The first-order valence-electron chi connectivity index (χ1n) is 18.1. The van der Waals surface area contributed by atoms with Crippen LogP contribution in [-0.2, 0) is 24.8 Å². The molecule has 0 saturated carbocycles. The fourth-order valence-electron chi connectivity index (χ4n) is 6.51. The van der Waals surface area contributed by atoms with Gasteiger partial charge in [0.2, 0.25) is 0 Å². The van der Waals surface area contributed by atoms with E-state index in [0.717, 1.165) is 31.3 Å². The van der Waals surface area contributed by atoms with Gasteiger partial charge in [-0.15, -0.1) is 12.4 Å². The van der Waals surface area contributed by atoms with Crippen LogP contribution in [0.5, 0.6) is 0 Å². The van der Waals surface area contributed by atoms with E-state index in [9.17, 15) is 24.6 Å². The highest BCUT2D eigenvalue weighted by molar-refractivity contribution is 6.69. The van der Waals surface area contributed by atoms with Crippen LogP contribution in [-0.4, -0.2) is 101 Å². The molecule has 2 aliphatic heterocycles. The number of hydrogen-bond donors (Lipinski definition) is 5. The molecule has 2 saturated heterocycles. The van der Waals surface area contributed by atoms with Crippen molar-refractivity contribution in [3.63, 3.8) is 0 Å². The van der Waals surface area contributed by atoms with Crippen LogP contribution in [0.15, 0.2) is 34.1 Å². The molecule has 0 aromatic carbocycles. The van der Waals surface area contributed by atoms with E-state index < -0.39 is 91.4 Å². The average Bonchev–Trinajstić information content (AvgIpc) is 3.58. The van der Waals surface area contributed by atoms with Gasteiger partial charge in [0.05, 0.1) is 31.0 Å². The van der Waals surface area contributed by atoms with Gasteiger partial charge in [-0.3, -0.25) is 13.9 Å². The van der Waals surface area contributed by atoms with E-state index in [1.165, 1.54) is 31.5 Å². The Morgan fingerprint density at radius 3 is 1.51 bits per heavy atom. The quantitative estimate of drug-likeness (QED) is 0.190. The van der Waals surface area contributed by atoms with Gasteiger partial charge in [0, 0.05) is 18.8 Å². The smallest absolute Gasteiger partial charge is 0.351 e. The predicted octanol–water partition coefficient (Wildman–Crippen LogP) is 1.49. The number of aromatic nitrogens is 4. The van der Waals surface area contributed by atoms with Gasteiger partial charge in [-0.25, -0.2) is 9.59 Å². The highest BCUT2D eigenvalue weighted by Crippen LogP contribution is 2.34. The summed E-state index contributed by atoms with van der Waals surface area (Å²) in [6.07, 6.45) is -3.42. The molecule has 2 aliphatic rings. The van der Waals surface area contributed by atoms with Crippen molar-refractivity contribution >= 4 is 42.1 Å². The minimum atomic E-state index is -1.19. The van der Waals surface area contributed by atoms with Gasteiger partial charge in [-0.2, -0.15) is 20.5 Å². The topological polar surface area (TPSA) is 269 Å². The van der Waals surface area contributed by atoms with Gasteiger partial charge in [0.15, 0.2) is 30.5 Å². The van der Waals surface area contributed by atoms with Crippen LogP contribution >= 0.6 is 12.4 Å². The number of Topliss-reactive ketones (excluding diaryl/α,β-unsaturated/α-hetero) is 1. The van der Waals surface area contributed by atoms with Gasteiger partial charge in [-0.1, -0.05) is 55.4 Å². The molecule has 0 unspecified atom stereocenters. The molecular formula is C35H58ClN7O10Si2. The second kappa shape index (κ2) is 23.0. The predicted molar refractivity (Wildman–Crippen MR) is 211 cm³/mol. The number of anilines is 1. The summed E-state index contributed by atoms with van der Waals surface area (Å²) >= 11 is 0. The Balaban J connectivity index is 0.000000415. The molecular weight excluding hydrogens is 770 g/mol. The Morgan fingerprint density at radius 1 is 0.818 bits per heavy atom. The van der Waals surface area contributed by atoms with Gasteiger partial charge < -0.3 is 39.7 Å². The maximum atomic E-state index is 12.0. The number of rotatable bonds is 12. The number of aliphatic hydroxyl groups is 4. The lowest BCUT2D eigenvalue weighted by Gasteiger charge is -2.32. The van der Waals surface area contributed by atoms with E-state index in [1.54, 1.807) is 0 Å². The van der Waals surface area contributed by atoms with Crippen molar-refractivity contribution in [2.75, 3.05) is 18.9 Å². The third-order valence-corrected chi connectivity index (χ3v) is 16.8. The lowest BCUT2D eigenvalue weighted by molar-refractivity contribution is -0.116. The van der Waals surface area contributed by atoms with Crippen LogP contribution in [0.1, 0.15) is 80.5 Å². The van der Waals surface area contributed by atoms with Crippen molar-refractivity contribution in [3.05, 3.63) is 51.2 Å². The molecule has 0 radical (unpaired) electrons. The van der Waals surface area contributed by atoms with Crippen molar-refractivity contribution in [2.45, 2.75) is 128 Å². The Morgan fingerprint density at radius 2 is 1.20 bits per heavy atom. The zero-order valence-electron chi connectivity index (χ0n) is 32.9. The molecule has 4 rings (SSSR count). The van der Waals surface area contributed by atoms with Gasteiger partial charge in [-0.05, 0) is 41.2 Å². The number of nitriles is 2. The molecule has 0 spiro atoms. The SMILES string of the molecule is CC(=O)Cc1ccn([C@@H]2O[C@H](CO)[C@@H](O)[C@@H]2C#N)c(=O)n1.CC(C)[SiH](O[SiH](C(C)C)C(C)C)C(C)C.Cl.N#C[C@H]1[C@H](O)[C@@H](CO)O[C@H]1n1ccc(N)nc1=O. The zero-order chi connectivity index (χ0) is 41.0. The second-order valence-corrected chi connectivity index (χ2v) is 23.1. The summed E-state index contributed by atoms with van der Waals surface area (Å²) in [5.41, 5.74) is 7.43. The standard InChI is InChI=1S/C13H15N3O5.C12H30OSi2.C10H12N4O4.ClH/c1-7(18)4-8-2-3-16(13(20)15-8)12-9(5-14)11(19)10(6-17)21-12;1-9(2)14(10(3)4)13-15(11(5)6)12(7)8;11-3-5-8(16)6(4-15)18-9(5)14-2-1-7(12)13-10(14)17;/h2-3,9-12,17,19H,4,6H2,1H3;9-12,14-15H,1-8H3;1-2,5-6,8-9,15-16H,4H2,(H2,12,13,17);1H/t9-,10+,11-,12+;;5-,6+,8-,9+;/m0.0./s1. The molecule has 20 heteroatoms. The first-order chi connectivity index (χ1) is 25.3. The molecule has 6 N–H and O–H groups in total. The maximum absolute atomic E-state index is 12.0. The number of carbonyl (C=O) groups excluding carboxylic acids is 1. The third kappa shape index (κ3) is 13.4. The van der Waals surface area contributed by atoms with Gasteiger partial charge in [0.1, 0.15) is 47.9 Å². The van der Waals surface area contributed by atoms with Crippen molar-refractivity contribution in [2.24, 2.45) is 11.8 Å². The van der Waals surface area contributed by atoms with E-state index in [4.69, 9.17) is 40.1 Å². The van der Waals surface area contributed by atoms with Gasteiger partial charge >= 0.3 is 11.4 Å². The molecule has 8 atom stereocenters. The van der Waals surface area contributed by atoms with Crippen molar-refractivity contribution in [1.29, 1.82) is 10.5 Å². The van der Waals surface area contributed by atoms with E-state index in [-0.39, 0.29) is 30.4 Å². The molecule has 2 fully saturated rings. The number of aliphatic hydroxyl groups excluding tert-OH is 4. The normalized spacial score (nSPS) is 24.6. The summed E-state index contributed by atoms with van der Waals surface area (Å²) < 4.78 is 19.4. The molecule has 0 amide bonds. The fourth-order valence-corrected chi connectivity index (χ4v) is 16.1. The van der Waals surface area contributed by atoms with E-state index in [1.807, 2.05) is 12.1 Å². The van der Waals surface area contributed by atoms with Crippen LogP contribution in [0.3, 0.4) is 0 Å². The largest absolute Gasteiger partial charge is 0.459 e. The molecule has 17 nitrogen and oxygen atoms in total. The third-order valence-electron chi connectivity index (χ3n) is 9.06. The Hall–Kier alpha value is -3.35. The van der Waals surface area contributed by atoms with Crippen LogP contribution in [0.25, 0.3) is 0 Å². The molecule has 0 bridgehead atoms. The fraction of sp³-hybridized carbons (Fsp3) is 0.686. The number of hydrogen-bond acceptors (Lipinski definition) is 15. The number of halogens is 1. The Labute approximate surface area is 331 Å². The van der Waals surface area contributed by atoms with Crippen molar-refractivity contribution < 1.29 is 38.8 Å². The summed E-state index contributed by atoms with van der Waals surface area (Å²) in [6.45, 7) is 19.2. The van der Waals surface area contributed by atoms with Crippen LogP contribution in [0, 0.1) is 34.5 Å². The van der Waals surface area contributed by atoms with E-state index >= 15 is 0 Å². The summed E-state index contributed by atoms with van der Waals surface area (Å²) in [5, 5.41) is 55.8. The molecule has 308 valence electrons. The monoisotopic (exact) mass is 827 g/mol. The number of nitrogen functional groups attached to an aromatic ring is 1. The van der Waals surface area contributed by atoms with Crippen molar-refractivity contribution in [1.82, 2.24) is 19.1 Å². The number of carbonyl (C=O) groups is 1. The Bertz CT molecular complexity index is 1680. The molecule has 0 aliphatic carbocycles. The summed E-state index contributed by atoms with van der Waals surface area (Å²) in [6, 6.07) is 6.61. The Kier molecular flexibility index (Phi) is 20.8. The number of ether oxygens (including phenoxy) is 2. The highest BCUT2D eigenvalue weighted by Gasteiger charge is 2.46. The van der Waals surface area contributed by atoms with Crippen LogP contribution < -0.4 is 17.1 Å². The van der Waals surface area contributed by atoms with E-state index in [0.29, 0.717) is 5.69 Å². The number of nitrogens with two attached hydrogens (primary N) is 1. The summed E-state index contributed by atoms with van der Waals surface area (Å²) in [5.74, 6) is -2.00. The molecule has 55 heavy (non-hydrogen) atoms. The van der Waals surface area contributed by atoms with Gasteiger partial charge in [0.25, 0.3) is 0 Å². The minimum absolute atomic E-state index is 0. The average molecular weight is 829 g/mol. The maximum Gasteiger partial charge on any atom is 0.351 e. The second-order valence-electron chi connectivity index (χ2n) is 14.9. The number of nitrogens with zero attached hydrogens (tertiary/aromatic N) is 6. The molecule has 2 aromatic rings. The lowest BCUT2D eigenvalue weighted by Crippen LogP contribution is -2.37. The molecule has 4 heterocycles. The van der Waals surface area contributed by atoms with Crippen LogP contribution in [0.2, 0.25) is 22.2 Å². The summed E-state index contributed by atoms with van der Waals surface area (Å²) in [4.78, 5) is 41.9. The van der Waals surface area contributed by atoms with Crippen molar-refractivity contribution in [3.8, 4) is 12.1 Å². The minimum Gasteiger partial charge on any atom is -0.459 e. The van der Waals surface area contributed by atoms with Crippen LogP contribution in [0.4, 0.5) is 5.82 Å². The number of ketones is 1. The zero-order valence-corrected chi connectivity index (χ0v) is 36.0. The first-order valence-corrected chi connectivity index (χ1v) is 21.7. The van der Waals surface area contributed by atoms with E-state index in [2.05, 4.69) is 65.4 Å². The highest BCUT2D eigenvalue weighted by atomic mass is 35.5. The lowest BCUT2D eigenvalue weighted by atomic mass is 10.0. The first kappa shape index (κ1) is 49.7.